The number of nitrogens with zero attached hydrogens (tertiary/aromatic N) is 3. The number of rotatable bonds is 1. The molecule has 5 heteroatoms. The molecule has 3 rings (SSSR count). The Morgan fingerprint density at radius 1 is 1.50 bits per heavy atom. The molecule has 2 aromatic heterocycles. The molecule has 82 valence electrons. The second-order valence-corrected chi connectivity index (χ2v) is 4.48. The number of hydrogen-bond donors (Lipinski definition) is 0. The van der Waals surface area contributed by atoms with E-state index in [-0.39, 0.29) is 10.8 Å². The summed E-state index contributed by atoms with van der Waals surface area (Å²) >= 11 is 5.78. The molecule has 0 amide bonds. The molecule has 0 radical (unpaired) electrons. The van der Waals surface area contributed by atoms with Crippen LogP contribution in [0.2, 0.25) is 5.28 Å². The van der Waals surface area contributed by atoms with Crippen molar-refractivity contribution >= 4 is 22.6 Å². The number of halogens is 1. The molecule has 16 heavy (non-hydrogen) atoms. The molecule has 0 atom stereocenters. The summed E-state index contributed by atoms with van der Waals surface area (Å²) in [7, 11) is 0. The van der Waals surface area contributed by atoms with Gasteiger partial charge in [-0.1, -0.05) is 0 Å². The first-order valence-corrected chi connectivity index (χ1v) is 5.59. The Hall–Kier alpha value is -1.42. The second kappa shape index (κ2) is 3.28. The highest BCUT2D eigenvalue weighted by Crippen LogP contribution is 2.35. The summed E-state index contributed by atoms with van der Waals surface area (Å²) < 4.78 is 1.73. The summed E-state index contributed by atoms with van der Waals surface area (Å²) in [6.07, 6.45) is 3.76. The molecule has 4 nitrogen and oxygen atoms in total. The number of aromatic nitrogens is 3. The van der Waals surface area contributed by atoms with Crippen molar-refractivity contribution in [1.82, 2.24) is 14.5 Å². The molecule has 0 spiro atoms. The minimum atomic E-state index is 0.00210. The average molecular weight is 236 g/mol. The van der Waals surface area contributed by atoms with E-state index in [9.17, 15) is 4.79 Å². The van der Waals surface area contributed by atoms with Gasteiger partial charge in [-0.25, -0.2) is 4.98 Å². The van der Waals surface area contributed by atoms with E-state index in [1.807, 2.05) is 6.92 Å². The number of pyridine rings is 1. The highest BCUT2D eigenvalue weighted by Gasteiger charge is 2.27. The van der Waals surface area contributed by atoms with Gasteiger partial charge in [-0.3, -0.25) is 9.36 Å². The van der Waals surface area contributed by atoms with Crippen LogP contribution in [-0.4, -0.2) is 14.5 Å². The smallest absolute Gasteiger partial charge is 0.252 e. The van der Waals surface area contributed by atoms with Gasteiger partial charge in [0.2, 0.25) is 5.28 Å². The summed E-state index contributed by atoms with van der Waals surface area (Å²) in [5.74, 6) is 0. The Morgan fingerprint density at radius 3 is 2.94 bits per heavy atom. The molecule has 0 N–H and O–H groups in total. The van der Waals surface area contributed by atoms with Gasteiger partial charge in [0.15, 0.2) is 0 Å². The third kappa shape index (κ3) is 1.41. The summed E-state index contributed by atoms with van der Waals surface area (Å²) in [5, 5.41) is 1.09. The maximum absolute atomic E-state index is 11.9. The normalized spacial score (nSPS) is 15.6. The first-order valence-electron chi connectivity index (χ1n) is 5.21. The number of hydrogen-bond acceptors (Lipinski definition) is 3. The maximum atomic E-state index is 11.9. The minimum absolute atomic E-state index is 0.00210. The minimum Gasteiger partial charge on any atom is -0.289 e. The van der Waals surface area contributed by atoms with E-state index < -0.39 is 0 Å². The number of aryl methyl sites for hydroxylation is 1. The molecular weight excluding hydrogens is 226 g/mol. The second-order valence-electron chi connectivity index (χ2n) is 4.14. The van der Waals surface area contributed by atoms with E-state index >= 15 is 0 Å². The van der Waals surface area contributed by atoms with Crippen molar-refractivity contribution in [3.8, 4) is 0 Å². The van der Waals surface area contributed by atoms with Crippen molar-refractivity contribution < 1.29 is 0 Å². The van der Waals surface area contributed by atoms with Crippen LogP contribution >= 0.6 is 11.6 Å². The van der Waals surface area contributed by atoms with Gasteiger partial charge in [0.1, 0.15) is 5.65 Å². The van der Waals surface area contributed by atoms with Crippen LogP contribution in [0.25, 0.3) is 11.0 Å². The Kier molecular flexibility index (Phi) is 2.01. The highest BCUT2D eigenvalue weighted by atomic mass is 35.5. The first-order chi connectivity index (χ1) is 7.66. The largest absolute Gasteiger partial charge is 0.289 e. The summed E-state index contributed by atoms with van der Waals surface area (Å²) in [5.41, 5.74) is 1.56. The van der Waals surface area contributed by atoms with Crippen molar-refractivity contribution in [2.24, 2.45) is 0 Å². The van der Waals surface area contributed by atoms with Gasteiger partial charge in [0.25, 0.3) is 5.56 Å². The van der Waals surface area contributed by atoms with Gasteiger partial charge < -0.3 is 0 Å². The summed E-state index contributed by atoms with van der Waals surface area (Å²) in [4.78, 5) is 20.0. The van der Waals surface area contributed by atoms with Crippen LogP contribution in [0.15, 0.2) is 17.1 Å². The topological polar surface area (TPSA) is 47.8 Å². The Morgan fingerprint density at radius 2 is 2.25 bits per heavy atom. The third-order valence-electron chi connectivity index (χ3n) is 2.88. The van der Waals surface area contributed by atoms with Gasteiger partial charge >= 0.3 is 0 Å². The molecule has 1 aliphatic carbocycles. The van der Waals surface area contributed by atoms with Crippen LogP contribution < -0.4 is 5.56 Å². The SMILES string of the molecule is Cc1cc(=O)n(C2CC2)c2nc(Cl)ncc12. The summed E-state index contributed by atoms with van der Waals surface area (Å²) in [6.45, 7) is 1.89. The molecule has 2 aromatic rings. The van der Waals surface area contributed by atoms with Gasteiger partial charge in [-0.2, -0.15) is 4.98 Å². The van der Waals surface area contributed by atoms with Crippen molar-refractivity contribution in [2.75, 3.05) is 0 Å². The average Bonchev–Trinajstić information content (AvgIpc) is 3.01. The van der Waals surface area contributed by atoms with E-state index in [0.29, 0.717) is 11.7 Å². The van der Waals surface area contributed by atoms with E-state index in [1.165, 1.54) is 0 Å². The van der Waals surface area contributed by atoms with Crippen LogP contribution in [0.1, 0.15) is 24.4 Å². The fourth-order valence-electron chi connectivity index (χ4n) is 1.94. The van der Waals surface area contributed by atoms with Crippen molar-refractivity contribution in [1.29, 1.82) is 0 Å². The van der Waals surface area contributed by atoms with Crippen molar-refractivity contribution in [2.45, 2.75) is 25.8 Å². The van der Waals surface area contributed by atoms with Crippen LogP contribution in [0.3, 0.4) is 0 Å². The van der Waals surface area contributed by atoms with Crippen molar-refractivity contribution in [3.05, 3.63) is 33.5 Å². The standard InChI is InChI=1S/C11H10ClN3O/c1-6-4-9(16)15(7-2-3-7)10-8(6)5-13-11(12)14-10/h4-5,7H,2-3H2,1H3. The molecule has 0 bridgehead atoms. The lowest BCUT2D eigenvalue weighted by Crippen LogP contribution is -2.20. The Labute approximate surface area is 96.9 Å². The molecule has 0 aromatic carbocycles. The quantitative estimate of drug-likeness (QED) is 0.711. The molecule has 0 aliphatic heterocycles. The zero-order valence-corrected chi connectivity index (χ0v) is 9.53. The van der Waals surface area contributed by atoms with Crippen LogP contribution in [0.5, 0.6) is 0 Å². The van der Waals surface area contributed by atoms with E-state index in [1.54, 1.807) is 16.8 Å². The van der Waals surface area contributed by atoms with Gasteiger partial charge in [0, 0.05) is 23.7 Å². The fourth-order valence-corrected chi connectivity index (χ4v) is 2.07. The number of fused-ring (bicyclic) bond motifs is 1. The highest BCUT2D eigenvalue weighted by molar-refractivity contribution is 6.28. The molecule has 0 saturated heterocycles. The molecule has 2 heterocycles. The molecule has 1 fully saturated rings. The fraction of sp³-hybridized carbons (Fsp3) is 0.364. The van der Waals surface area contributed by atoms with Gasteiger partial charge in [0.05, 0.1) is 0 Å². The lowest BCUT2D eigenvalue weighted by Gasteiger charge is -2.09. The van der Waals surface area contributed by atoms with Crippen LogP contribution in [-0.2, 0) is 0 Å². The lowest BCUT2D eigenvalue weighted by molar-refractivity contribution is 0.727. The zero-order chi connectivity index (χ0) is 11.3. The zero-order valence-electron chi connectivity index (χ0n) is 8.77. The molecule has 0 unspecified atom stereocenters. The maximum Gasteiger partial charge on any atom is 0.252 e. The summed E-state index contributed by atoms with van der Waals surface area (Å²) in [6, 6.07) is 1.93. The van der Waals surface area contributed by atoms with Gasteiger partial charge in [-0.05, 0) is 36.9 Å². The monoisotopic (exact) mass is 235 g/mol. The third-order valence-corrected chi connectivity index (χ3v) is 3.06. The molecule has 1 aliphatic rings. The van der Waals surface area contributed by atoms with Crippen molar-refractivity contribution in [3.63, 3.8) is 0 Å². The Bertz CT molecular complexity index is 631. The predicted molar refractivity (Wildman–Crippen MR) is 61.8 cm³/mol. The predicted octanol–water partition coefficient (Wildman–Crippen LogP) is 2.09. The van der Waals surface area contributed by atoms with E-state index in [0.717, 1.165) is 23.8 Å². The lowest BCUT2D eigenvalue weighted by atomic mass is 10.2. The Balaban J connectivity index is 2.46. The molecule has 1 saturated carbocycles. The first kappa shape index (κ1) is 9.78. The van der Waals surface area contributed by atoms with Crippen LogP contribution in [0.4, 0.5) is 0 Å². The molecular formula is C11H10ClN3O. The van der Waals surface area contributed by atoms with Gasteiger partial charge in [-0.15, -0.1) is 0 Å². The van der Waals surface area contributed by atoms with E-state index in [4.69, 9.17) is 11.6 Å². The van der Waals surface area contributed by atoms with E-state index in [2.05, 4.69) is 9.97 Å². The van der Waals surface area contributed by atoms with Crippen LogP contribution in [0, 0.1) is 6.92 Å².